The van der Waals surface area contributed by atoms with Gasteiger partial charge in [-0.2, -0.15) is 0 Å². The summed E-state index contributed by atoms with van der Waals surface area (Å²) in [6, 6.07) is 12.5. The monoisotopic (exact) mass is 246 g/mol. The van der Waals surface area contributed by atoms with Crippen LogP contribution in [0.15, 0.2) is 48.5 Å². The molecule has 2 rings (SSSR count). The number of aliphatic hydroxyl groups excluding tert-OH is 2. The average molecular weight is 246 g/mol. The van der Waals surface area contributed by atoms with E-state index in [0.717, 1.165) is 6.07 Å². The Kier molecular flexibility index (Phi) is 3.50. The summed E-state index contributed by atoms with van der Waals surface area (Å²) >= 11 is 0. The minimum atomic E-state index is -1.22. The summed E-state index contributed by atoms with van der Waals surface area (Å²) in [6.45, 7) is 0. The number of hydrogen-bond acceptors (Lipinski definition) is 4. The van der Waals surface area contributed by atoms with Crippen LogP contribution in [0.1, 0.15) is 23.3 Å². The highest BCUT2D eigenvalue weighted by molar-refractivity contribution is 5.38. The molecular weight excluding hydrogens is 232 g/mol. The number of rotatable bonds is 3. The van der Waals surface area contributed by atoms with Crippen LogP contribution in [-0.2, 0) is 0 Å². The van der Waals surface area contributed by atoms with E-state index in [9.17, 15) is 20.4 Å². The quantitative estimate of drug-likeness (QED) is 0.666. The van der Waals surface area contributed by atoms with Crippen molar-refractivity contribution >= 4 is 0 Å². The molecule has 0 bridgehead atoms. The molecule has 0 aliphatic heterocycles. The Balaban J connectivity index is 2.28. The van der Waals surface area contributed by atoms with Gasteiger partial charge in [-0.25, -0.2) is 0 Å². The SMILES string of the molecule is Oc1cc(O)cc([C@@H](O)[C@@H](O)c2ccccc2)c1. The van der Waals surface area contributed by atoms with Gasteiger partial charge in [0.15, 0.2) is 0 Å². The van der Waals surface area contributed by atoms with Crippen LogP contribution in [0.3, 0.4) is 0 Å². The van der Waals surface area contributed by atoms with Gasteiger partial charge >= 0.3 is 0 Å². The smallest absolute Gasteiger partial charge is 0.119 e. The van der Waals surface area contributed by atoms with Crippen molar-refractivity contribution in [2.75, 3.05) is 0 Å². The van der Waals surface area contributed by atoms with Crippen LogP contribution in [0.25, 0.3) is 0 Å². The lowest BCUT2D eigenvalue weighted by Crippen LogP contribution is -2.10. The summed E-state index contributed by atoms with van der Waals surface area (Å²) in [6.07, 6.45) is -2.34. The zero-order valence-electron chi connectivity index (χ0n) is 9.56. The van der Waals surface area contributed by atoms with Gasteiger partial charge in [-0.3, -0.25) is 0 Å². The lowest BCUT2D eigenvalue weighted by Gasteiger charge is -2.18. The number of phenols is 2. The maximum atomic E-state index is 10.0. The topological polar surface area (TPSA) is 80.9 Å². The predicted octanol–water partition coefficient (Wildman–Crippen LogP) is 1.86. The van der Waals surface area contributed by atoms with Crippen LogP contribution in [0.5, 0.6) is 11.5 Å². The fraction of sp³-hybridized carbons (Fsp3) is 0.143. The Bertz CT molecular complexity index is 504. The highest BCUT2D eigenvalue weighted by Gasteiger charge is 2.20. The first-order valence-corrected chi connectivity index (χ1v) is 5.52. The summed E-state index contributed by atoms with van der Waals surface area (Å²) in [5, 5.41) is 38.7. The van der Waals surface area contributed by atoms with Crippen molar-refractivity contribution in [1.82, 2.24) is 0 Å². The molecule has 94 valence electrons. The van der Waals surface area contributed by atoms with Crippen molar-refractivity contribution in [2.45, 2.75) is 12.2 Å². The molecule has 2 atom stereocenters. The van der Waals surface area contributed by atoms with Gasteiger partial charge < -0.3 is 20.4 Å². The molecule has 4 heteroatoms. The number of hydrogen-bond donors (Lipinski definition) is 4. The summed E-state index contributed by atoms with van der Waals surface area (Å²) < 4.78 is 0. The van der Waals surface area contributed by atoms with Crippen molar-refractivity contribution in [3.63, 3.8) is 0 Å². The molecule has 18 heavy (non-hydrogen) atoms. The zero-order chi connectivity index (χ0) is 13.1. The highest BCUT2D eigenvalue weighted by atomic mass is 16.3. The van der Waals surface area contributed by atoms with E-state index in [-0.39, 0.29) is 17.1 Å². The summed E-state index contributed by atoms with van der Waals surface area (Å²) in [5.74, 6) is -0.325. The molecule has 0 amide bonds. The first kappa shape index (κ1) is 12.4. The van der Waals surface area contributed by atoms with E-state index in [4.69, 9.17) is 0 Å². The van der Waals surface area contributed by atoms with Gasteiger partial charge in [0.05, 0.1) is 0 Å². The second-order valence-electron chi connectivity index (χ2n) is 4.08. The molecule has 0 saturated heterocycles. The molecule has 0 saturated carbocycles. The van der Waals surface area contributed by atoms with Gasteiger partial charge in [0.1, 0.15) is 23.7 Å². The van der Waals surface area contributed by atoms with Crippen LogP contribution < -0.4 is 0 Å². The maximum absolute atomic E-state index is 10.0. The lowest BCUT2D eigenvalue weighted by atomic mass is 9.98. The number of aromatic hydroxyl groups is 2. The molecule has 0 fully saturated rings. The molecule has 4 N–H and O–H groups in total. The minimum absolute atomic E-state index is 0.163. The molecular formula is C14H14O4. The predicted molar refractivity (Wildman–Crippen MR) is 66.1 cm³/mol. The standard InChI is InChI=1S/C14H14O4/c15-11-6-10(7-12(16)8-11)14(18)13(17)9-4-2-1-3-5-9/h1-8,13-18H/t13-,14+/m0/s1. The molecule has 0 aliphatic carbocycles. The van der Waals surface area contributed by atoms with Crippen molar-refractivity contribution in [3.05, 3.63) is 59.7 Å². The molecule has 0 spiro atoms. The van der Waals surface area contributed by atoms with Crippen LogP contribution in [-0.4, -0.2) is 20.4 Å². The van der Waals surface area contributed by atoms with E-state index < -0.39 is 12.2 Å². The molecule has 2 aromatic rings. The molecule has 4 nitrogen and oxygen atoms in total. The first-order valence-electron chi connectivity index (χ1n) is 5.52. The largest absolute Gasteiger partial charge is 0.508 e. The molecule has 2 aromatic carbocycles. The van der Waals surface area contributed by atoms with E-state index >= 15 is 0 Å². The second kappa shape index (κ2) is 5.08. The Morgan fingerprint density at radius 3 is 1.72 bits per heavy atom. The fourth-order valence-electron chi connectivity index (χ4n) is 1.80. The lowest BCUT2D eigenvalue weighted by molar-refractivity contribution is 0.0170. The number of aliphatic hydroxyl groups is 2. The van der Waals surface area contributed by atoms with Gasteiger partial charge in [-0.1, -0.05) is 30.3 Å². The van der Waals surface area contributed by atoms with Gasteiger partial charge in [0, 0.05) is 6.07 Å². The summed E-state index contributed by atoms with van der Waals surface area (Å²) in [5.41, 5.74) is 0.816. The third-order valence-electron chi connectivity index (χ3n) is 2.71. The molecule has 0 aliphatic rings. The van der Waals surface area contributed by atoms with Gasteiger partial charge in [0.2, 0.25) is 0 Å². The summed E-state index contributed by atoms with van der Waals surface area (Å²) in [7, 11) is 0. The van der Waals surface area contributed by atoms with Gasteiger partial charge in [-0.15, -0.1) is 0 Å². The Hall–Kier alpha value is -2.04. The highest BCUT2D eigenvalue weighted by Crippen LogP contribution is 2.32. The minimum Gasteiger partial charge on any atom is -0.508 e. The van der Waals surface area contributed by atoms with Crippen LogP contribution in [0.4, 0.5) is 0 Å². The van der Waals surface area contributed by atoms with Gasteiger partial charge in [-0.05, 0) is 23.3 Å². The molecule has 0 radical (unpaired) electrons. The van der Waals surface area contributed by atoms with Gasteiger partial charge in [0.25, 0.3) is 0 Å². The van der Waals surface area contributed by atoms with Crippen molar-refractivity contribution in [3.8, 4) is 11.5 Å². The molecule has 0 aromatic heterocycles. The van der Waals surface area contributed by atoms with Crippen molar-refractivity contribution in [2.24, 2.45) is 0 Å². The average Bonchev–Trinajstić information content (AvgIpc) is 2.37. The maximum Gasteiger partial charge on any atom is 0.119 e. The normalized spacial score (nSPS) is 14.1. The van der Waals surface area contributed by atoms with E-state index in [0.29, 0.717) is 5.56 Å². The van der Waals surface area contributed by atoms with E-state index in [1.807, 2.05) is 6.07 Å². The van der Waals surface area contributed by atoms with E-state index in [2.05, 4.69) is 0 Å². The van der Waals surface area contributed by atoms with E-state index in [1.54, 1.807) is 24.3 Å². The first-order chi connectivity index (χ1) is 8.58. The third-order valence-corrected chi connectivity index (χ3v) is 2.71. The second-order valence-corrected chi connectivity index (χ2v) is 4.08. The Labute approximate surface area is 104 Å². The van der Waals surface area contributed by atoms with Crippen molar-refractivity contribution < 1.29 is 20.4 Å². The third kappa shape index (κ3) is 2.61. The van der Waals surface area contributed by atoms with Crippen molar-refractivity contribution in [1.29, 1.82) is 0 Å². The zero-order valence-corrected chi connectivity index (χ0v) is 9.56. The van der Waals surface area contributed by atoms with Crippen LogP contribution in [0.2, 0.25) is 0 Å². The molecule has 0 heterocycles. The summed E-state index contributed by atoms with van der Waals surface area (Å²) in [4.78, 5) is 0. The molecule has 0 unspecified atom stereocenters. The Morgan fingerprint density at radius 1 is 0.667 bits per heavy atom. The Morgan fingerprint density at radius 2 is 1.17 bits per heavy atom. The number of benzene rings is 2. The fourth-order valence-corrected chi connectivity index (χ4v) is 1.80. The van der Waals surface area contributed by atoms with Crippen LogP contribution >= 0.6 is 0 Å². The van der Waals surface area contributed by atoms with E-state index in [1.165, 1.54) is 12.1 Å². The number of phenolic OH excluding ortho intramolecular Hbond substituents is 2. The van der Waals surface area contributed by atoms with Crippen LogP contribution in [0, 0.1) is 0 Å².